The van der Waals surface area contributed by atoms with E-state index in [2.05, 4.69) is 0 Å². The Morgan fingerprint density at radius 1 is 1.23 bits per heavy atom. The van der Waals surface area contributed by atoms with E-state index in [0.29, 0.717) is 0 Å². The molecule has 1 rings (SSSR count). The van der Waals surface area contributed by atoms with E-state index in [-0.39, 0.29) is 5.56 Å². The highest BCUT2D eigenvalue weighted by Gasteiger charge is 2.00. The third-order valence-corrected chi connectivity index (χ3v) is 1.66. The number of aryl methyl sites for hydroxylation is 1. The minimum absolute atomic E-state index is 0.157. The molecule has 1 aromatic rings. The van der Waals surface area contributed by atoms with Crippen molar-refractivity contribution in [2.45, 2.75) is 33.9 Å². The molecule has 0 saturated carbocycles. The van der Waals surface area contributed by atoms with Gasteiger partial charge in [-0.2, -0.15) is 0 Å². The van der Waals surface area contributed by atoms with Gasteiger partial charge in [-0.25, -0.2) is 8.78 Å². The first-order valence-electron chi connectivity index (χ1n) is 4.61. The first-order valence-corrected chi connectivity index (χ1v) is 4.61. The summed E-state index contributed by atoms with van der Waals surface area (Å²) in [5, 5.41) is 0. The summed E-state index contributed by atoms with van der Waals surface area (Å²) >= 11 is 0. The lowest BCUT2D eigenvalue weighted by molar-refractivity contribution is 0.463. The van der Waals surface area contributed by atoms with E-state index in [0.717, 1.165) is 12.0 Å². The first-order chi connectivity index (χ1) is 6.27. The van der Waals surface area contributed by atoms with Crippen LogP contribution < -0.4 is 0 Å². The molecule has 0 amide bonds. The molecule has 0 radical (unpaired) electrons. The van der Waals surface area contributed by atoms with Gasteiger partial charge in [-0.05, 0) is 18.1 Å². The van der Waals surface area contributed by atoms with Gasteiger partial charge < -0.3 is 0 Å². The Morgan fingerprint density at radius 2 is 1.85 bits per heavy atom. The van der Waals surface area contributed by atoms with E-state index in [9.17, 15) is 8.78 Å². The maximum absolute atomic E-state index is 12.7. The van der Waals surface area contributed by atoms with E-state index in [4.69, 9.17) is 0 Å². The van der Waals surface area contributed by atoms with E-state index in [1.807, 2.05) is 20.8 Å². The molecule has 0 nitrogen and oxygen atoms in total. The molecule has 0 fully saturated rings. The Morgan fingerprint density at radius 3 is 2.31 bits per heavy atom. The van der Waals surface area contributed by atoms with Gasteiger partial charge in [-0.3, -0.25) is 0 Å². The minimum Gasteiger partial charge on any atom is -0.246 e. The average molecular weight is 186 g/mol. The third-order valence-electron chi connectivity index (χ3n) is 1.66. The normalized spacial score (nSPS) is 9.00. The van der Waals surface area contributed by atoms with Crippen LogP contribution in [0.2, 0.25) is 0 Å². The average Bonchev–Trinajstić information content (AvgIpc) is 2.22. The second-order valence-corrected chi connectivity index (χ2v) is 2.41. The molecule has 0 bridgehead atoms. The van der Waals surface area contributed by atoms with Crippen LogP contribution in [0, 0.1) is 5.82 Å². The number of halogens is 2. The molecule has 0 aliphatic rings. The SMILES string of the molecule is CC.CCc1ccc(F)c(CF)c1. The van der Waals surface area contributed by atoms with Gasteiger partial charge in [0.25, 0.3) is 0 Å². The highest BCUT2D eigenvalue weighted by atomic mass is 19.1. The van der Waals surface area contributed by atoms with Crippen molar-refractivity contribution >= 4 is 0 Å². The summed E-state index contributed by atoms with van der Waals surface area (Å²) in [5.74, 6) is -0.454. The van der Waals surface area contributed by atoms with Crippen molar-refractivity contribution in [3.8, 4) is 0 Å². The first kappa shape index (κ1) is 12.1. The van der Waals surface area contributed by atoms with Gasteiger partial charge in [0.2, 0.25) is 0 Å². The fourth-order valence-electron chi connectivity index (χ4n) is 0.950. The molecule has 0 aliphatic heterocycles. The van der Waals surface area contributed by atoms with Gasteiger partial charge in [0.15, 0.2) is 0 Å². The predicted molar refractivity (Wildman–Crippen MR) is 51.9 cm³/mol. The van der Waals surface area contributed by atoms with Crippen molar-refractivity contribution in [3.05, 3.63) is 35.1 Å². The van der Waals surface area contributed by atoms with Gasteiger partial charge in [0.05, 0.1) is 0 Å². The molecule has 0 spiro atoms. The largest absolute Gasteiger partial charge is 0.246 e. The molecule has 0 atom stereocenters. The van der Waals surface area contributed by atoms with Crippen molar-refractivity contribution in [2.24, 2.45) is 0 Å². The van der Waals surface area contributed by atoms with Crippen molar-refractivity contribution in [2.75, 3.05) is 0 Å². The Hall–Kier alpha value is -0.920. The fraction of sp³-hybridized carbons (Fsp3) is 0.455. The zero-order valence-corrected chi connectivity index (χ0v) is 8.40. The molecule has 2 heteroatoms. The van der Waals surface area contributed by atoms with Crippen molar-refractivity contribution in [1.29, 1.82) is 0 Å². The molecular weight excluding hydrogens is 170 g/mol. The maximum Gasteiger partial charge on any atom is 0.129 e. The molecule has 0 unspecified atom stereocenters. The van der Waals surface area contributed by atoms with Crippen LogP contribution in [0.3, 0.4) is 0 Å². The van der Waals surface area contributed by atoms with Crippen LogP contribution in [0.15, 0.2) is 18.2 Å². The highest BCUT2D eigenvalue weighted by molar-refractivity contribution is 5.24. The van der Waals surface area contributed by atoms with Crippen molar-refractivity contribution in [1.82, 2.24) is 0 Å². The zero-order chi connectivity index (χ0) is 10.3. The predicted octanol–water partition coefficient (Wildman–Crippen LogP) is 3.88. The number of rotatable bonds is 2. The minimum atomic E-state index is -0.723. The summed E-state index contributed by atoms with van der Waals surface area (Å²) in [6.07, 6.45) is 0.813. The van der Waals surface area contributed by atoms with Crippen LogP contribution >= 0.6 is 0 Å². The van der Waals surface area contributed by atoms with Crippen LogP contribution in [-0.4, -0.2) is 0 Å². The number of hydrogen-bond acceptors (Lipinski definition) is 0. The van der Waals surface area contributed by atoms with Gasteiger partial charge in [0, 0.05) is 5.56 Å². The second-order valence-electron chi connectivity index (χ2n) is 2.41. The summed E-state index contributed by atoms with van der Waals surface area (Å²) in [6, 6.07) is 4.55. The van der Waals surface area contributed by atoms with Gasteiger partial charge in [0.1, 0.15) is 12.5 Å². The summed E-state index contributed by atoms with van der Waals surface area (Å²) in [4.78, 5) is 0. The lowest BCUT2D eigenvalue weighted by Gasteiger charge is -2.00. The van der Waals surface area contributed by atoms with Gasteiger partial charge >= 0.3 is 0 Å². The molecule has 0 N–H and O–H groups in total. The monoisotopic (exact) mass is 186 g/mol. The van der Waals surface area contributed by atoms with Gasteiger partial charge in [-0.1, -0.05) is 32.9 Å². The number of benzene rings is 1. The van der Waals surface area contributed by atoms with E-state index < -0.39 is 12.5 Å². The highest BCUT2D eigenvalue weighted by Crippen LogP contribution is 2.11. The Bertz CT molecular complexity index is 244. The maximum atomic E-state index is 12.7. The van der Waals surface area contributed by atoms with Crippen LogP contribution in [-0.2, 0) is 13.1 Å². The Labute approximate surface area is 78.6 Å². The molecule has 0 aromatic heterocycles. The Balaban J connectivity index is 0.000000671. The van der Waals surface area contributed by atoms with Crippen molar-refractivity contribution < 1.29 is 8.78 Å². The quantitative estimate of drug-likeness (QED) is 0.657. The van der Waals surface area contributed by atoms with E-state index in [1.54, 1.807) is 12.1 Å². The third kappa shape index (κ3) is 3.53. The topological polar surface area (TPSA) is 0 Å². The summed E-state index contributed by atoms with van der Waals surface area (Å²) in [6.45, 7) is 5.23. The van der Waals surface area contributed by atoms with E-state index >= 15 is 0 Å². The van der Waals surface area contributed by atoms with Crippen LogP contribution in [0.1, 0.15) is 31.9 Å². The van der Waals surface area contributed by atoms with E-state index in [1.165, 1.54) is 6.07 Å². The molecule has 0 saturated heterocycles. The van der Waals surface area contributed by atoms with Crippen LogP contribution in [0.5, 0.6) is 0 Å². The van der Waals surface area contributed by atoms with Crippen LogP contribution in [0.4, 0.5) is 8.78 Å². The molecule has 1 aromatic carbocycles. The standard InChI is InChI=1S/C9H10F2.C2H6/c1-2-7-3-4-9(11)8(5-7)6-10;1-2/h3-5H,2,6H2,1H3;1-2H3. The number of alkyl halides is 1. The molecule has 13 heavy (non-hydrogen) atoms. The van der Waals surface area contributed by atoms with Crippen molar-refractivity contribution in [3.63, 3.8) is 0 Å². The molecular formula is C11H16F2. The lowest BCUT2D eigenvalue weighted by Crippen LogP contribution is -1.89. The second kappa shape index (κ2) is 6.58. The summed E-state index contributed by atoms with van der Waals surface area (Å²) in [5.41, 5.74) is 1.13. The molecule has 74 valence electrons. The van der Waals surface area contributed by atoms with Crippen LogP contribution in [0.25, 0.3) is 0 Å². The fourth-order valence-corrected chi connectivity index (χ4v) is 0.950. The number of hydrogen-bond donors (Lipinski definition) is 0. The Kier molecular flexibility index (Phi) is 6.11. The molecule has 0 aliphatic carbocycles. The summed E-state index contributed by atoms with van der Waals surface area (Å²) in [7, 11) is 0. The van der Waals surface area contributed by atoms with Gasteiger partial charge in [-0.15, -0.1) is 0 Å². The lowest BCUT2D eigenvalue weighted by atomic mass is 10.1. The smallest absolute Gasteiger partial charge is 0.129 e. The molecule has 0 heterocycles. The summed E-state index contributed by atoms with van der Waals surface area (Å²) < 4.78 is 24.7. The zero-order valence-electron chi connectivity index (χ0n) is 8.40.